The largest absolute Gasteiger partial charge is 0.388 e. The van der Waals surface area contributed by atoms with E-state index in [0.717, 1.165) is 11.1 Å². The first kappa shape index (κ1) is 13.1. The van der Waals surface area contributed by atoms with Gasteiger partial charge in [0.05, 0.1) is 6.10 Å². The molecule has 0 radical (unpaired) electrons. The highest BCUT2D eigenvalue weighted by Gasteiger charge is 2.13. The number of hydrogen-bond donors (Lipinski definition) is 1. The normalized spacial score (nSPS) is 12.4. The second-order valence-corrected chi connectivity index (χ2v) is 4.81. The lowest BCUT2D eigenvalue weighted by atomic mass is 9.99. The first-order valence-electron chi connectivity index (χ1n) is 5.75. The third-order valence-corrected chi connectivity index (χ3v) is 3.10. The summed E-state index contributed by atoms with van der Waals surface area (Å²) in [5.74, 6) is -0.373. The van der Waals surface area contributed by atoms with Gasteiger partial charge in [-0.15, -0.1) is 0 Å². The Kier molecular flexibility index (Phi) is 4.00. The highest BCUT2D eigenvalue weighted by atomic mass is 35.5. The Balaban J connectivity index is 2.18. The van der Waals surface area contributed by atoms with E-state index in [1.54, 1.807) is 24.3 Å². The van der Waals surface area contributed by atoms with E-state index in [4.69, 9.17) is 11.6 Å². The van der Waals surface area contributed by atoms with Crippen LogP contribution >= 0.6 is 11.6 Å². The summed E-state index contributed by atoms with van der Waals surface area (Å²) in [6.07, 6.45) is -0.469. The predicted octanol–water partition coefficient (Wildman–Crippen LogP) is 4.06. The average Bonchev–Trinajstić information content (AvgIpc) is 2.35. The minimum atomic E-state index is -0.842. The molecule has 2 rings (SSSR count). The molecular formula is C15H14ClFO. The molecule has 1 N–H and O–H groups in total. The molecule has 94 valence electrons. The molecule has 0 spiro atoms. The molecule has 1 atom stereocenters. The zero-order valence-electron chi connectivity index (χ0n) is 10.0. The second-order valence-electron chi connectivity index (χ2n) is 4.37. The summed E-state index contributed by atoms with van der Waals surface area (Å²) in [6.45, 7) is 1.87. The predicted molar refractivity (Wildman–Crippen MR) is 71.3 cm³/mol. The van der Waals surface area contributed by atoms with Crippen molar-refractivity contribution in [1.82, 2.24) is 0 Å². The lowest BCUT2D eigenvalue weighted by molar-refractivity contribution is 0.173. The molecule has 0 aliphatic carbocycles. The Morgan fingerprint density at radius 3 is 2.50 bits per heavy atom. The summed E-state index contributed by atoms with van der Waals surface area (Å²) in [5.41, 5.74) is 2.19. The lowest BCUT2D eigenvalue weighted by Crippen LogP contribution is -2.04. The summed E-state index contributed by atoms with van der Waals surface area (Å²) >= 11 is 5.79. The second kappa shape index (κ2) is 5.51. The van der Waals surface area contributed by atoms with Crippen LogP contribution in [-0.2, 0) is 6.42 Å². The van der Waals surface area contributed by atoms with E-state index in [-0.39, 0.29) is 5.82 Å². The molecule has 0 amide bonds. The Morgan fingerprint density at radius 1 is 1.17 bits per heavy atom. The summed E-state index contributed by atoms with van der Waals surface area (Å²) in [6, 6.07) is 11.9. The van der Waals surface area contributed by atoms with Crippen molar-refractivity contribution in [2.24, 2.45) is 0 Å². The van der Waals surface area contributed by atoms with Crippen molar-refractivity contribution in [1.29, 1.82) is 0 Å². The molecule has 0 bridgehead atoms. The summed E-state index contributed by atoms with van der Waals surface area (Å²) in [4.78, 5) is 0. The van der Waals surface area contributed by atoms with E-state index in [2.05, 4.69) is 0 Å². The van der Waals surface area contributed by atoms with Crippen LogP contribution in [0.15, 0.2) is 42.5 Å². The van der Waals surface area contributed by atoms with E-state index in [1.165, 1.54) is 6.07 Å². The third kappa shape index (κ3) is 3.09. The van der Waals surface area contributed by atoms with E-state index in [0.29, 0.717) is 17.0 Å². The highest BCUT2D eigenvalue weighted by molar-refractivity contribution is 6.30. The van der Waals surface area contributed by atoms with Crippen molar-refractivity contribution in [3.05, 3.63) is 70.0 Å². The lowest BCUT2D eigenvalue weighted by Gasteiger charge is -2.13. The number of rotatable bonds is 3. The quantitative estimate of drug-likeness (QED) is 0.886. The maximum atomic E-state index is 13.6. The average molecular weight is 265 g/mol. The Bertz CT molecular complexity index is 537. The van der Waals surface area contributed by atoms with Gasteiger partial charge in [-0.2, -0.15) is 0 Å². The van der Waals surface area contributed by atoms with Crippen LogP contribution in [0, 0.1) is 12.7 Å². The number of halogens is 2. The van der Waals surface area contributed by atoms with Gasteiger partial charge < -0.3 is 5.11 Å². The van der Waals surface area contributed by atoms with Crippen LogP contribution in [0.3, 0.4) is 0 Å². The molecule has 0 aromatic heterocycles. The Hall–Kier alpha value is -1.38. The number of aryl methyl sites for hydroxylation is 1. The molecule has 0 saturated heterocycles. The molecule has 0 heterocycles. The molecule has 0 aliphatic rings. The van der Waals surface area contributed by atoms with Gasteiger partial charge >= 0.3 is 0 Å². The van der Waals surface area contributed by atoms with Crippen molar-refractivity contribution in [2.75, 3.05) is 0 Å². The van der Waals surface area contributed by atoms with Gasteiger partial charge in [0, 0.05) is 17.0 Å². The minimum Gasteiger partial charge on any atom is -0.388 e. The maximum absolute atomic E-state index is 13.6. The zero-order valence-corrected chi connectivity index (χ0v) is 10.8. The van der Waals surface area contributed by atoms with Crippen LogP contribution < -0.4 is 0 Å². The van der Waals surface area contributed by atoms with Crippen LogP contribution in [-0.4, -0.2) is 5.11 Å². The number of aliphatic hydroxyl groups is 1. The summed E-state index contributed by atoms with van der Waals surface area (Å²) < 4.78 is 13.6. The van der Waals surface area contributed by atoms with E-state index in [1.807, 2.05) is 19.1 Å². The molecule has 0 fully saturated rings. The molecule has 3 heteroatoms. The van der Waals surface area contributed by atoms with Gasteiger partial charge in [-0.1, -0.05) is 41.4 Å². The molecule has 1 nitrogen and oxygen atoms in total. The number of aliphatic hydroxyl groups excluding tert-OH is 1. The van der Waals surface area contributed by atoms with Gasteiger partial charge in [0.2, 0.25) is 0 Å². The topological polar surface area (TPSA) is 20.2 Å². The van der Waals surface area contributed by atoms with Gasteiger partial charge in [0.15, 0.2) is 0 Å². The fourth-order valence-electron chi connectivity index (χ4n) is 1.87. The van der Waals surface area contributed by atoms with Crippen LogP contribution in [0.2, 0.25) is 5.02 Å². The van der Waals surface area contributed by atoms with Crippen molar-refractivity contribution in [3.8, 4) is 0 Å². The van der Waals surface area contributed by atoms with Crippen LogP contribution in [0.25, 0.3) is 0 Å². The Morgan fingerprint density at radius 2 is 1.83 bits per heavy atom. The smallest absolute Gasteiger partial charge is 0.129 e. The van der Waals surface area contributed by atoms with Crippen molar-refractivity contribution < 1.29 is 9.50 Å². The zero-order chi connectivity index (χ0) is 13.1. The monoisotopic (exact) mass is 264 g/mol. The number of benzene rings is 2. The first-order chi connectivity index (χ1) is 8.56. The molecule has 18 heavy (non-hydrogen) atoms. The standard InChI is InChI=1S/C15H14ClFO/c1-10-2-7-14(17)13(8-10)15(18)9-11-3-5-12(16)6-4-11/h2-8,15,18H,9H2,1H3. The van der Waals surface area contributed by atoms with Crippen molar-refractivity contribution >= 4 is 11.6 Å². The van der Waals surface area contributed by atoms with Gasteiger partial charge in [-0.3, -0.25) is 0 Å². The van der Waals surface area contributed by atoms with Gasteiger partial charge in [0.1, 0.15) is 5.82 Å². The van der Waals surface area contributed by atoms with Crippen molar-refractivity contribution in [2.45, 2.75) is 19.4 Å². The Labute approximate surface area is 111 Å². The molecule has 0 aliphatic heterocycles. The molecular weight excluding hydrogens is 251 g/mol. The highest BCUT2D eigenvalue weighted by Crippen LogP contribution is 2.23. The SMILES string of the molecule is Cc1ccc(F)c(C(O)Cc2ccc(Cl)cc2)c1. The molecule has 2 aromatic carbocycles. The van der Waals surface area contributed by atoms with E-state index in [9.17, 15) is 9.50 Å². The third-order valence-electron chi connectivity index (χ3n) is 2.85. The molecule has 1 unspecified atom stereocenters. The minimum absolute atomic E-state index is 0.338. The molecule has 0 saturated carbocycles. The van der Waals surface area contributed by atoms with Gasteiger partial charge in [-0.05, 0) is 30.7 Å². The van der Waals surface area contributed by atoms with Crippen LogP contribution in [0.5, 0.6) is 0 Å². The van der Waals surface area contributed by atoms with Crippen molar-refractivity contribution in [3.63, 3.8) is 0 Å². The van der Waals surface area contributed by atoms with Crippen LogP contribution in [0.4, 0.5) is 4.39 Å². The number of hydrogen-bond acceptors (Lipinski definition) is 1. The van der Waals surface area contributed by atoms with E-state index < -0.39 is 6.10 Å². The fourth-order valence-corrected chi connectivity index (χ4v) is 2.00. The van der Waals surface area contributed by atoms with Gasteiger partial charge in [-0.25, -0.2) is 4.39 Å². The summed E-state index contributed by atoms with van der Waals surface area (Å²) in [7, 11) is 0. The van der Waals surface area contributed by atoms with Gasteiger partial charge in [0.25, 0.3) is 0 Å². The van der Waals surface area contributed by atoms with E-state index >= 15 is 0 Å². The fraction of sp³-hybridized carbons (Fsp3) is 0.200. The van der Waals surface area contributed by atoms with Crippen LogP contribution in [0.1, 0.15) is 22.8 Å². The first-order valence-corrected chi connectivity index (χ1v) is 6.12. The molecule has 2 aromatic rings. The summed E-state index contributed by atoms with van der Waals surface area (Å²) in [5, 5.41) is 10.7. The maximum Gasteiger partial charge on any atom is 0.129 e.